The fourth-order valence-corrected chi connectivity index (χ4v) is 2.31. The highest BCUT2D eigenvalue weighted by Crippen LogP contribution is 2.26. The number of nitrogens with two attached hydrogens (primary N) is 1. The molecule has 1 fully saturated rings. The van der Waals surface area contributed by atoms with Gasteiger partial charge in [0, 0.05) is 19.7 Å². The van der Waals surface area contributed by atoms with Crippen LogP contribution in [0.3, 0.4) is 0 Å². The minimum Gasteiger partial charge on any atom is -0.465 e. The van der Waals surface area contributed by atoms with E-state index in [1.807, 2.05) is 4.90 Å². The molecular formula is C13H19N3O3. The first-order chi connectivity index (χ1) is 9.15. The summed E-state index contributed by atoms with van der Waals surface area (Å²) in [7, 11) is 1.34. The molecule has 19 heavy (non-hydrogen) atoms. The molecule has 104 valence electrons. The molecule has 0 atom stereocenters. The Morgan fingerprint density at radius 3 is 2.84 bits per heavy atom. The number of pyridine rings is 1. The fourth-order valence-electron chi connectivity index (χ4n) is 2.31. The van der Waals surface area contributed by atoms with E-state index < -0.39 is 5.97 Å². The molecule has 6 nitrogen and oxygen atoms in total. The number of hydrogen-bond acceptors (Lipinski definition) is 6. The molecule has 1 aromatic heterocycles. The predicted molar refractivity (Wildman–Crippen MR) is 72.0 cm³/mol. The van der Waals surface area contributed by atoms with Crippen LogP contribution in [0.1, 0.15) is 23.2 Å². The average molecular weight is 265 g/mol. The molecule has 0 saturated carbocycles. The Morgan fingerprint density at radius 1 is 1.58 bits per heavy atom. The first-order valence-electron chi connectivity index (χ1n) is 6.35. The second kappa shape index (κ2) is 5.88. The molecule has 0 aliphatic carbocycles. The summed E-state index contributed by atoms with van der Waals surface area (Å²) >= 11 is 0. The van der Waals surface area contributed by atoms with Crippen LogP contribution < -0.4 is 10.6 Å². The lowest BCUT2D eigenvalue weighted by Crippen LogP contribution is -2.36. The second-order valence-electron chi connectivity index (χ2n) is 4.74. The number of carbonyl (C=O) groups excluding carboxylic acids is 1. The summed E-state index contributed by atoms with van der Waals surface area (Å²) in [6.07, 6.45) is 3.33. The van der Waals surface area contributed by atoms with Gasteiger partial charge in [0.25, 0.3) is 0 Å². The molecule has 3 N–H and O–H groups in total. The quantitative estimate of drug-likeness (QED) is 0.780. The van der Waals surface area contributed by atoms with Crippen molar-refractivity contribution in [3.8, 4) is 0 Å². The van der Waals surface area contributed by atoms with E-state index in [1.54, 1.807) is 12.3 Å². The van der Waals surface area contributed by atoms with Crippen LogP contribution in [0, 0.1) is 5.92 Å². The Bertz CT molecular complexity index is 456. The smallest absolute Gasteiger partial charge is 0.341 e. The lowest BCUT2D eigenvalue weighted by molar-refractivity contribution is 0.0601. The summed E-state index contributed by atoms with van der Waals surface area (Å²) in [5.74, 6) is 0.517. The summed E-state index contributed by atoms with van der Waals surface area (Å²) < 4.78 is 4.76. The summed E-state index contributed by atoms with van der Waals surface area (Å²) in [6.45, 7) is 1.76. The number of rotatable bonds is 3. The number of carbonyl (C=O) groups is 1. The minimum atomic E-state index is -0.431. The molecule has 2 rings (SSSR count). The van der Waals surface area contributed by atoms with Gasteiger partial charge in [-0.05, 0) is 24.8 Å². The molecule has 0 aromatic carbocycles. The molecule has 1 aliphatic rings. The maximum Gasteiger partial charge on any atom is 0.341 e. The van der Waals surface area contributed by atoms with Gasteiger partial charge in [-0.3, -0.25) is 0 Å². The lowest BCUT2D eigenvalue weighted by Gasteiger charge is -2.32. The number of hydrogen-bond donors (Lipinski definition) is 2. The first-order valence-corrected chi connectivity index (χ1v) is 6.35. The van der Waals surface area contributed by atoms with Crippen LogP contribution in [-0.4, -0.2) is 42.9 Å². The number of nitrogen functional groups attached to an aromatic ring is 1. The van der Waals surface area contributed by atoms with Crippen molar-refractivity contribution in [1.29, 1.82) is 0 Å². The van der Waals surface area contributed by atoms with Crippen molar-refractivity contribution in [2.24, 2.45) is 5.92 Å². The van der Waals surface area contributed by atoms with Crippen molar-refractivity contribution < 1.29 is 14.6 Å². The Labute approximate surface area is 112 Å². The Hall–Kier alpha value is -1.82. The van der Waals surface area contributed by atoms with Crippen LogP contribution in [0.2, 0.25) is 0 Å². The van der Waals surface area contributed by atoms with Crippen molar-refractivity contribution in [3.63, 3.8) is 0 Å². The fraction of sp³-hybridized carbons (Fsp3) is 0.538. The van der Waals surface area contributed by atoms with Gasteiger partial charge < -0.3 is 20.5 Å². The molecular weight excluding hydrogens is 246 g/mol. The largest absolute Gasteiger partial charge is 0.465 e. The van der Waals surface area contributed by atoms with Crippen molar-refractivity contribution in [3.05, 3.63) is 17.8 Å². The number of methoxy groups -OCH3 is 1. The summed E-state index contributed by atoms with van der Waals surface area (Å²) in [6, 6.07) is 1.59. The molecule has 6 heteroatoms. The van der Waals surface area contributed by atoms with E-state index in [9.17, 15) is 4.79 Å². The van der Waals surface area contributed by atoms with Crippen molar-refractivity contribution in [2.75, 3.05) is 37.4 Å². The standard InChI is InChI=1S/C13H19N3O3/c1-19-13(18)11-6-10(14)7-15-12(11)16-4-2-9(8-17)3-5-16/h6-7,9,17H,2-5,8,14H2,1H3. The number of aliphatic hydroxyl groups excluding tert-OH is 1. The highest BCUT2D eigenvalue weighted by atomic mass is 16.5. The van der Waals surface area contributed by atoms with Crippen molar-refractivity contribution in [1.82, 2.24) is 4.98 Å². The minimum absolute atomic E-state index is 0.215. The zero-order chi connectivity index (χ0) is 13.8. The van der Waals surface area contributed by atoms with E-state index in [1.165, 1.54) is 7.11 Å². The maximum atomic E-state index is 11.8. The number of anilines is 2. The number of piperidine rings is 1. The van der Waals surface area contributed by atoms with Gasteiger partial charge in [0.15, 0.2) is 0 Å². The van der Waals surface area contributed by atoms with Crippen LogP contribution in [0.4, 0.5) is 11.5 Å². The molecule has 0 unspecified atom stereocenters. The number of ether oxygens (including phenoxy) is 1. The third-order valence-corrected chi connectivity index (χ3v) is 3.47. The number of esters is 1. The average Bonchev–Trinajstić information content (AvgIpc) is 2.46. The van der Waals surface area contributed by atoms with Crippen LogP contribution in [0.15, 0.2) is 12.3 Å². The lowest BCUT2D eigenvalue weighted by atomic mass is 9.97. The summed E-state index contributed by atoms with van der Waals surface area (Å²) in [5.41, 5.74) is 6.50. The monoisotopic (exact) mass is 265 g/mol. The molecule has 0 radical (unpaired) electrons. The highest BCUT2D eigenvalue weighted by Gasteiger charge is 2.24. The Morgan fingerprint density at radius 2 is 2.26 bits per heavy atom. The Balaban J connectivity index is 2.22. The van der Waals surface area contributed by atoms with E-state index in [2.05, 4.69) is 4.98 Å². The van der Waals surface area contributed by atoms with Crippen LogP contribution in [-0.2, 0) is 4.74 Å². The van der Waals surface area contributed by atoms with Crippen LogP contribution in [0.25, 0.3) is 0 Å². The van der Waals surface area contributed by atoms with E-state index in [4.69, 9.17) is 15.6 Å². The van der Waals surface area contributed by atoms with Crippen molar-refractivity contribution >= 4 is 17.5 Å². The number of nitrogens with zero attached hydrogens (tertiary/aromatic N) is 2. The van der Waals surface area contributed by atoms with Crippen LogP contribution >= 0.6 is 0 Å². The summed E-state index contributed by atoms with van der Waals surface area (Å²) in [5, 5.41) is 9.14. The third-order valence-electron chi connectivity index (χ3n) is 3.47. The van der Waals surface area contributed by atoms with Gasteiger partial charge in [-0.25, -0.2) is 9.78 Å². The SMILES string of the molecule is COC(=O)c1cc(N)cnc1N1CCC(CO)CC1. The maximum absolute atomic E-state index is 11.8. The zero-order valence-corrected chi connectivity index (χ0v) is 11.0. The van der Waals surface area contributed by atoms with Gasteiger partial charge in [-0.1, -0.05) is 0 Å². The first kappa shape index (κ1) is 13.6. The number of aliphatic hydroxyl groups is 1. The van der Waals surface area contributed by atoms with Gasteiger partial charge >= 0.3 is 5.97 Å². The Kier molecular flexibility index (Phi) is 4.21. The van der Waals surface area contributed by atoms with Gasteiger partial charge in [-0.2, -0.15) is 0 Å². The van der Waals surface area contributed by atoms with Gasteiger partial charge in [0.05, 0.1) is 19.0 Å². The van der Waals surface area contributed by atoms with Crippen LogP contribution in [0.5, 0.6) is 0 Å². The highest BCUT2D eigenvalue weighted by molar-refractivity contribution is 5.95. The van der Waals surface area contributed by atoms with E-state index in [0.717, 1.165) is 25.9 Å². The van der Waals surface area contributed by atoms with Gasteiger partial charge in [-0.15, -0.1) is 0 Å². The molecule has 1 aliphatic heterocycles. The predicted octanol–water partition coefficient (Wildman–Crippen LogP) is 0.659. The third kappa shape index (κ3) is 2.96. The summed E-state index contributed by atoms with van der Waals surface area (Å²) in [4.78, 5) is 18.1. The molecule has 0 spiro atoms. The molecule has 2 heterocycles. The van der Waals surface area contributed by atoms with E-state index in [-0.39, 0.29) is 6.61 Å². The normalized spacial score (nSPS) is 16.4. The number of aromatic nitrogens is 1. The zero-order valence-electron chi connectivity index (χ0n) is 11.0. The second-order valence-corrected chi connectivity index (χ2v) is 4.74. The molecule has 0 amide bonds. The van der Waals surface area contributed by atoms with Crippen molar-refractivity contribution in [2.45, 2.75) is 12.8 Å². The van der Waals surface area contributed by atoms with Gasteiger partial charge in [0.1, 0.15) is 11.4 Å². The van der Waals surface area contributed by atoms with E-state index >= 15 is 0 Å². The van der Waals surface area contributed by atoms with Gasteiger partial charge in [0.2, 0.25) is 0 Å². The molecule has 1 saturated heterocycles. The topological polar surface area (TPSA) is 88.7 Å². The molecule has 1 aromatic rings. The molecule has 0 bridgehead atoms. The van der Waals surface area contributed by atoms with E-state index in [0.29, 0.717) is 23.0 Å².